The lowest BCUT2D eigenvalue weighted by atomic mass is 10.1. The van der Waals surface area contributed by atoms with Crippen molar-refractivity contribution in [3.8, 4) is 0 Å². The molecule has 3 amide bonds. The second-order valence-corrected chi connectivity index (χ2v) is 7.79. The molecule has 0 radical (unpaired) electrons. The van der Waals surface area contributed by atoms with Gasteiger partial charge in [0.05, 0.1) is 7.11 Å². The largest absolute Gasteiger partial charge is 0.467 e. The maximum atomic E-state index is 12.4. The summed E-state index contributed by atoms with van der Waals surface area (Å²) in [4.78, 5) is 47.3. The minimum atomic E-state index is -0.898. The number of nitrogens with one attached hydrogen (secondary N) is 3. The van der Waals surface area contributed by atoms with E-state index in [2.05, 4.69) is 42.6 Å². The Labute approximate surface area is 174 Å². The molecule has 11 heteroatoms. The van der Waals surface area contributed by atoms with Gasteiger partial charge < -0.3 is 25.4 Å². The number of carbonyl (C=O) groups excluding carboxylic acids is 4. The number of carbonyl (C=O) groups is 4. The van der Waals surface area contributed by atoms with Crippen LogP contribution in [0.4, 0.5) is 4.79 Å². The van der Waals surface area contributed by atoms with Gasteiger partial charge >= 0.3 is 12.1 Å². The van der Waals surface area contributed by atoms with E-state index >= 15 is 0 Å². The van der Waals surface area contributed by atoms with E-state index in [9.17, 15) is 19.2 Å². The number of thiol groups is 1. The van der Waals surface area contributed by atoms with Gasteiger partial charge in [0, 0.05) is 18.5 Å². The van der Waals surface area contributed by atoms with E-state index in [1.165, 1.54) is 7.11 Å². The van der Waals surface area contributed by atoms with Crippen molar-refractivity contribution in [2.24, 2.45) is 0 Å². The number of esters is 1. The van der Waals surface area contributed by atoms with E-state index in [1.807, 2.05) is 0 Å². The molecule has 3 N–H and O–H groups in total. The van der Waals surface area contributed by atoms with Crippen LogP contribution in [-0.2, 0) is 23.9 Å². The van der Waals surface area contributed by atoms with Crippen LogP contribution in [0.3, 0.4) is 0 Å². The normalized spacial score (nSPS) is 13.1. The lowest BCUT2D eigenvalue weighted by molar-refractivity contribution is -0.144. The van der Waals surface area contributed by atoms with Crippen molar-refractivity contribution in [2.45, 2.75) is 57.7 Å². The molecule has 0 saturated heterocycles. The van der Waals surface area contributed by atoms with Crippen LogP contribution in [0.15, 0.2) is 0 Å². The summed E-state index contributed by atoms with van der Waals surface area (Å²) in [7, 11) is 3.50. The molecule has 0 saturated carbocycles. The number of unbranched alkanes of at least 4 members (excludes halogenated alkanes) is 1. The van der Waals surface area contributed by atoms with Crippen molar-refractivity contribution in [1.82, 2.24) is 16.0 Å². The zero-order chi connectivity index (χ0) is 21.7. The third-order valence-corrected chi connectivity index (χ3v) is 4.15. The number of ether oxygens (including phenoxy) is 2. The second-order valence-electron chi connectivity index (χ2n) is 7.02. The molecule has 0 fully saturated rings. The van der Waals surface area contributed by atoms with Gasteiger partial charge in [-0.25, -0.2) is 9.59 Å². The molecule has 28 heavy (non-hydrogen) atoms. The highest BCUT2D eigenvalue weighted by atomic mass is 32.1. The van der Waals surface area contributed by atoms with Crippen LogP contribution in [0.5, 0.6) is 0 Å². The fourth-order valence-electron chi connectivity index (χ4n) is 2.09. The number of hydrogen-bond acceptors (Lipinski definition) is 7. The lowest BCUT2D eigenvalue weighted by Crippen LogP contribution is -2.52. The molecule has 0 aromatic heterocycles. The molecular formula is C17H32N3O6PS. The smallest absolute Gasteiger partial charge is 0.407 e. The summed E-state index contributed by atoms with van der Waals surface area (Å²) in [6.07, 6.45) is 1.14. The zero-order valence-electron chi connectivity index (χ0n) is 16.9. The van der Waals surface area contributed by atoms with Crippen molar-refractivity contribution < 1.29 is 28.7 Å². The van der Waals surface area contributed by atoms with Gasteiger partial charge in [-0.2, -0.15) is 12.6 Å². The molecule has 0 heterocycles. The lowest BCUT2D eigenvalue weighted by Gasteiger charge is -2.21. The van der Waals surface area contributed by atoms with E-state index in [4.69, 9.17) is 4.74 Å². The van der Waals surface area contributed by atoms with Crippen LogP contribution in [0, 0.1) is 0 Å². The van der Waals surface area contributed by atoms with E-state index < -0.39 is 35.7 Å². The van der Waals surface area contributed by atoms with Gasteiger partial charge in [-0.1, -0.05) is 0 Å². The predicted molar refractivity (Wildman–Crippen MR) is 112 cm³/mol. The molecule has 3 unspecified atom stereocenters. The topological polar surface area (TPSA) is 123 Å². The third kappa shape index (κ3) is 12.0. The minimum absolute atomic E-state index is 0.0719. The van der Waals surface area contributed by atoms with Crippen molar-refractivity contribution >= 4 is 45.7 Å². The Morgan fingerprint density at radius 3 is 2.21 bits per heavy atom. The fourth-order valence-corrected chi connectivity index (χ4v) is 2.45. The minimum Gasteiger partial charge on any atom is -0.467 e. The van der Waals surface area contributed by atoms with Gasteiger partial charge in [-0.05, 0) is 40.0 Å². The second kappa shape index (κ2) is 13.6. The molecule has 9 nitrogen and oxygen atoms in total. The zero-order valence-corrected chi connectivity index (χ0v) is 18.9. The monoisotopic (exact) mass is 437 g/mol. The predicted octanol–water partition coefficient (Wildman–Crippen LogP) is 0.629. The highest BCUT2D eigenvalue weighted by molar-refractivity contribution is 7.80. The Kier molecular flexibility index (Phi) is 12.9. The fraction of sp³-hybridized carbons (Fsp3) is 0.765. The van der Waals surface area contributed by atoms with Gasteiger partial charge in [-0.15, -0.1) is 9.24 Å². The molecule has 0 aromatic carbocycles. The molecule has 0 aliphatic rings. The summed E-state index contributed by atoms with van der Waals surface area (Å²) in [6.45, 7) is 5.70. The number of rotatable bonds is 11. The van der Waals surface area contributed by atoms with Crippen LogP contribution in [-0.4, -0.2) is 67.1 Å². The molecule has 162 valence electrons. The van der Waals surface area contributed by atoms with Crippen LogP contribution in [0.2, 0.25) is 0 Å². The van der Waals surface area contributed by atoms with Crippen molar-refractivity contribution in [3.63, 3.8) is 0 Å². The average molecular weight is 437 g/mol. The molecule has 0 aliphatic carbocycles. The standard InChI is InChI=1S/C17H32N3O6PS/c1-17(2,3)26-16(24)18-8-6-5-7-11(19-13(21)9-27)14(22)20-12(10-28)15(23)25-4/h11-12,28H,5-10,27H2,1-4H3,(H,18,24)(H,19,21)(H,20,22). The van der Waals surface area contributed by atoms with Crippen LogP contribution >= 0.6 is 21.9 Å². The average Bonchev–Trinajstić information content (AvgIpc) is 2.62. The van der Waals surface area contributed by atoms with Crippen LogP contribution in [0.25, 0.3) is 0 Å². The first-order valence-electron chi connectivity index (χ1n) is 8.99. The van der Waals surface area contributed by atoms with Crippen molar-refractivity contribution in [3.05, 3.63) is 0 Å². The summed E-state index contributed by atoms with van der Waals surface area (Å²) in [5.41, 5.74) is -0.571. The van der Waals surface area contributed by atoms with Crippen molar-refractivity contribution in [2.75, 3.05) is 25.6 Å². The van der Waals surface area contributed by atoms with E-state index in [-0.39, 0.29) is 17.8 Å². The Balaban J connectivity index is 4.56. The first-order chi connectivity index (χ1) is 13.0. The number of amides is 3. The Bertz CT molecular complexity index is 541. The highest BCUT2D eigenvalue weighted by Gasteiger charge is 2.26. The Morgan fingerprint density at radius 2 is 1.71 bits per heavy atom. The summed E-state index contributed by atoms with van der Waals surface area (Å²) >= 11 is 4.03. The quantitative estimate of drug-likeness (QED) is 0.163. The Hall–Kier alpha value is -1.54. The number of methoxy groups -OCH3 is 1. The SMILES string of the molecule is COC(=O)C(CS)NC(=O)C(CCCCNC(=O)OC(C)(C)C)NC(=O)CP. The summed E-state index contributed by atoms with van der Waals surface area (Å²) in [5, 5.41) is 7.79. The van der Waals surface area contributed by atoms with Gasteiger partial charge in [-0.3, -0.25) is 9.59 Å². The summed E-state index contributed by atoms with van der Waals surface area (Å²) in [5.74, 6) is -1.34. The van der Waals surface area contributed by atoms with E-state index in [0.29, 0.717) is 25.8 Å². The molecule has 0 aromatic rings. The molecular weight excluding hydrogens is 405 g/mol. The Morgan fingerprint density at radius 1 is 1.07 bits per heavy atom. The van der Waals surface area contributed by atoms with Gasteiger partial charge in [0.25, 0.3) is 0 Å². The van der Waals surface area contributed by atoms with Crippen molar-refractivity contribution in [1.29, 1.82) is 0 Å². The van der Waals surface area contributed by atoms with E-state index in [1.54, 1.807) is 20.8 Å². The number of alkyl carbamates (subject to hydrolysis) is 1. The first kappa shape index (κ1) is 26.5. The number of hydrogen-bond donors (Lipinski definition) is 4. The summed E-state index contributed by atoms with van der Waals surface area (Å²) < 4.78 is 9.75. The molecule has 3 atom stereocenters. The molecule has 0 bridgehead atoms. The highest BCUT2D eigenvalue weighted by Crippen LogP contribution is 2.07. The van der Waals surface area contributed by atoms with Gasteiger partial charge in [0.1, 0.15) is 17.7 Å². The third-order valence-electron chi connectivity index (χ3n) is 3.41. The summed E-state index contributed by atoms with van der Waals surface area (Å²) in [6, 6.07) is -1.70. The van der Waals surface area contributed by atoms with Gasteiger partial charge in [0.2, 0.25) is 11.8 Å². The molecule has 0 rings (SSSR count). The van der Waals surface area contributed by atoms with Crippen LogP contribution < -0.4 is 16.0 Å². The molecule has 0 spiro atoms. The van der Waals surface area contributed by atoms with Crippen LogP contribution in [0.1, 0.15) is 40.0 Å². The van der Waals surface area contributed by atoms with E-state index in [0.717, 1.165) is 0 Å². The maximum absolute atomic E-state index is 12.4. The maximum Gasteiger partial charge on any atom is 0.407 e. The van der Waals surface area contributed by atoms with Gasteiger partial charge in [0.15, 0.2) is 0 Å². The molecule has 0 aliphatic heterocycles. The first-order valence-corrected chi connectivity index (χ1v) is 10.4.